The first-order valence-corrected chi connectivity index (χ1v) is 6.55. The maximum Gasteiger partial charge on any atom is 0.00922 e. The first-order valence-electron chi connectivity index (χ1n) is 6.55. The lowest BCUT2D eigenvalue weighted by atomic mass is 10.1. The monoisotopic (exact) mass is 197 g/mol. The zero-order valence-corrected chi connectivity index (χ0v) is 10.1. The largest absolute Gasteiger partial charge is 0.303 e. The molecule has 0 spiro atoms. The SMILES string of the molecule is CCCCCN(C)C1CCCCCC1. The molecule has 1 nitrogen and oxygen atoms in total. The van der Waals surface area contributed by atoms with Gasteiger partial charge in [-0.15, -0.1) is 0 Å². The van der Waals surface area contributed by atoms with Gasteiger partial charge in [0.05, 0.1) is 0 Å². The molecule has 1 aliphatic carbocycles. The molecule has 1 aliphatic rings. The molecule has 14 heavy (non-hydrogen) atoms. The average molecular weight is 197 g/mol. The topological polar surface area (TPSA) is 3.24 Å². The van der Waals surface area contributed by atoms with Crippen molar-refractivity contribution in [1.82, 2.24) is 4.90 Å². The van der Waals surface area contributed by atoms with Crippen molar-refractivity contribution < 1.29 is 0 Å². The standard InChI is InChI=1S/C13H27N/c1-3-4-9-12-14(2)13-10-7-5-6-8-11-13/h13H,3-12H2,1-2H3. The van der Waals surface area contributed by atoms with E-state index < -0.39 is 0 Å². The number of unbranched alkanes of at least 4 members (excludes halogenated alkanes) is 2. The highest BCUT2D eigenvalue weighted by molar-refractivity contribution is 4.72. The van der Waals surface area contributed by atoms with Crippen molar-refractivity contribution in [1.29, 1.82) is 0 Å². The van der Waals surface area contributed by atoms with Gasteiger partial charge < -0.3 is 4.90 Å². The Morgan fingerprint density at radius 1 is 1.00 bits per heavy atom. The Bertz CT molecular complexity index is 125. The second-order valence-electron chi connectivity index (χ2n) is 4.83. The summed E-state index contributed by atoms with van der Waals surface area (Å²) < 4.78 is 0. The normalized spacial score (nSPS) is 19.9. The fourth-order valence-corrected chi connectivity index (χ4v) is 2.49. The van der Waals surface area contributed by atoms with E-state index in [1.165, 1.54) is 64.3 Å². The summed E-state index contributed by atoms with van der Waals surface area (Å²) in [6.45, 7) is 3.60. The van der Waals surface area contributed by atoms with Crippen LogP contribution >= 0.6 is 0 Å². The summed E-state index contributed by atoms with van der Waals surface area (Å²) in [6, 6.07) is 0.898. The van der Waals surface area contributed by atoms with Crippen LogP contribution in [0, 0.1) is 0 Å². The van der Waals surface area contributed by atoms with Crippen LogP contribution in [0.15, 0.2) is 0 Å². The zero-order valence-electron chi connectivity index (χ0n) is 10.1. The molecule has 84 valence electrons. The summed E-state index contributed by atoms with van der Waals surface area (Å²) in [5, 5.41) is 0. The summed E-state index contributed by atoms with van der Waals surface area (Å²) >= 11 is 0. The van der Waals surface area contributed by atoms with Crippen molar-refractivity contribution in [2.24, 2.45) is 0 Å². The minimum absolute atomic E-state index is 0.898. The van der Waals surface area contributed by atoms with E-state index in [2.05, 4.69) is 18.9 Å². The Hall–Kier alpha value is -0.0400. The molecule has 0 aromatic rings. The Labute approximate surface area is 89.9 Å². The summed E-state index contributed by atoms with van der Waals surface area (Å²) in [7, 11) is 2.33. The maximum absolute atomic E-state index is 2.61. The minimum atomic E-state index is 0.898. The minimum Gasteiger partial charge on any atom is -0.303 e. The van der Waals surface area contributed by atoms with Crippen LogP contribution in [-0.4, -0.2) is 24.5 Å². The van der Waals surface area contributed by atoms with Crippen molar-refractivity contribution in [3.8, 4) is 0 Å². The summed E-state index contributed by atoms with van der Waals surface area (Å²) in [5.41, 5.74) is 0. The highest BCUT2D eigenvalue weighted by Crippen LogP contribution is 2.21. The van der Waals surface area contributed by atoms with Gasteiger partial charge in [-0.05, 0) is 32.9 Å². The van der Waals surface area contributed by atoms with Crippen LogP contribution in [0.2, 0.25) is 0 Å². The van der Waals surface area contributed by atoms with Crippen molar-refractivity contribution in [2.75, 3.05) is 13.6 Å². The number of rotatable bonds is 5. The van der Waals surface area contributed by atoms with Gasteiger partial charge in [0.25, 0.3) is 0 Å². The van der Waals surface area contributed by atoms with Crippen LogP contribution in [0.1, 0.15) is 64.7 Å². The molecule has 0 N–H and O–H groups in total. The zero-order chi connectivity index (χ0) is 10.2. The lowest BCUT2D eigenvalue weighted by Crippen LogP contribution is -2.32. The van der Waals surface area contributed by atoms with Crippen molar-refractivity contribution in [3.05, 3.63) is 0 Å². The summed E-state index contributed by atoms with van der Waals surface area (Å²) in [6.07, 6.45) is 12.9. The molecule has 0 aromatic carbocycles. The predicted molar refractivity (Wildman–Crippen MR) is 63.6 cm³/mol. The molecule has 0 bridgehead atoms. The fraction of sp³-hybridized carbons (Fsp3) is 1.00. The van der Waals surface area contributed by atoms with E-state index >= 15 is 0 Å². The quantitative estimate of drug-likeness (QED) is 0.478. The number of hydrogen-bond donors (Lipinski definition) is 0. The first-order chi connectivity index (χ1) is 6.84. The third-order valence-electron chi connectivity index (χ3n) is 3.56. The molecule has 1 rings (SSSR count). The molecule has 0 atom stereocenters. The van der Waals surface area contributed by atoms with Gasteiger partial charge in [-0.3, -0.25) is 0 Å². The highest BCUT2D eigenvalue weighted by atomic mass is 15.1. The molecule has 1 heteroatoms. The molecule has 0 amide bonds. The molecule has 0 aliphatic heterocycles. The van der Waals surface area contributed by atoms with Gasteiger partial charge in [-0.2, -0.15) is 0 Å². The van der Waals surface area contributed by atoms with Gasteiger partial charge in [0.15, 0.2) is 0 Å². The third kappa shape index (κ3) is 4.45. The van der Waals surface area contributed by atoms with Gasteiger partial charge in [0, 0.05) is 6.04 Å². The highest BCUT2D eigenvalue weighted by Gasteiger charge is 2.15. The Kier molecular flexibility index (Phi) is 6.25. The first kappa shape index (κ1) is 12.0. The number of hydrogen-bond acceptors (Lipinski definition) is 1. The van der Waals surface area contributed by atoms with Crippen molar-refractivity contribution in [3.63, 3.8) is 0 Å². The molecule has 0 heterocycles. The number of nitrogens with zero attached hydrogens (tertiary/aromatic N) is 1. The van der Waals surface area contributed by atoms with Gasteiger partial charge in [-0.1, -0.05) is 45.4 Å². The van der Waals surface area contributed by atoms with Crippen molar-refractivity contribution in [2.45, 2.75) is 70.8 Å². The van der Waals surface area contributed by atoms with E-state index in [4.69, 9.17) is 0 Å². The smallest absolute Gasteiger partial charge is 0.00922 e. The molecule has 0 unspecified atom stereocenters. The summed E-state index contributed by atoms with van der Waals surface area (Å²) in [4.78, 5) is 2.61. The van der Waals surface area contributed by atoms with E-state index in [1.54, 1.807) is 0 Å². The van der Waals surface area contributed by atoms with Gasteiger partial charge in [0.1, 0.15) is 0 Å². The van der Waals surface area contributed by atoms with Gasteiger partial charge >= 0.3 is 0 Å². The fourth-order valence-electron chi connectivity index (χ4n) is 2.49. The van der Waals surface area contributed by atoms with Gasteiger partial charge in [-0.25, -0.2) is 0 Å². The van der Waals surface area contributed by atoms with E-state index in [0.29, 0.717) is 0 Å². The second-order valence-corrected chi connectivity index (χ2v) is 4.83. The Morgan fingerprint density at radius 3 is 2.21 bits per heavy atom. The molecule has 1 fully saturated rings. The van der Waals surface area contributed by atoms with E-state index in [1.807, 2.05) is 0 Å². The molecular formula is C13H27N. The van der Waals surface area contributed by atoms with Gasteiger partial charge in [0.2, 0.25) is 0 Å². The summed E-state index contributed by atoms with van der Waals surface area (Å²) in [5.74, 6) is 0. The van der Waals surface area contributed by atoms with Crippen LogP contribution in [0.25, 0.3) is 0 Å². The van der Waals surface area contributed by atoms with Crippen LogP contribution in [-0.2, 0) is 0 Å². The Balaban J connectivity index is 2.16. The molecule has 0 aromatic heterocycles. The van der Waals surface area contributed by atoms with Crippen LogP contribution in [0.4, 0.5) is 0 Å². The van der Waals surface area contributed by atoms with Crippen LogP contribution < -0.4 is 0 Å². The second kappa shape index (κ2) is 7.28. The lowest BCUT2D eigenvalue weighted by molar-refractivity contribution is 0.217. The van der Waals surface area contributed by atoms with Crippen LogP contribution in [0.3, 0.4) is 0 Å². The van der Waals surface area contributed by atoms with Crippen molar-refractivity contribution >= 4 is 0 Å². The van der Waals surface area contributed by atoms with Crippen LogP contribution in [0.5, 0.6) is 0 Å². The molecule has 1 saturated carbocycles. The lowest BCUT2D eigenvalue weighted by Gasteiger charge is -2.26. The average Bonchev–Trinajstić information content (AvgIpc) is 2.46. The van der Waals surface area contributed by atoms with E-state index in [9.17, 15) is 0 Å². The molecule has 0 radical (unpaired) electrons. The van der Waals surface area contributed by atoms with E-state index in [0.717, 1.165) is 6.04 Å². The third-order valence-corrected chi connectivity index (χ3v) is 3.56. The predicted octanol–water partition coefficient (Wildman–Crippen LogP) is 3.83. The molecular weight excluding hydrogens is 170 g/mol. The Morgan fingerprint density at radius 2 is 1.64 bits per heavy atom. The maximum atomic E-state index is 2.61. The molecule has 0 saturated heterocycles. The van der Waals surface area contributed by atoms with E-state index in [-0.39, 0.29) is 0 Å².